The molecule has 0 radical (unpaired) electrons. The summed E-state index contributed by atoms with van der Waals surface area (Å²) >= 11 is 5.87. The molecule has 2 amide bonds. The number of benzene rings is 3. The van der Waals surface area contributed by atoms with Crippen LogP contribution < -0.4 is 15.4 Å². The number of esters is 1. The molecule has 0 fully saturated rings. The van der Waals surface area contributed by atoms with Gasteiger partial charge in [0.2, 0.25) is 5.91 Å². The zero-order valence-electron chi connectivity index (χ0n) is 21.2. The molecular weight excluding hydrogens is 492 g/mol. The summed E-state index contributed by atoms with van der Waals surface area (Å²) in [6, 6.07) is 20.0. The quantitative estimate of drug-likeness (QED) is 0.268. The van der Waals surface area contributed by atoms with E-state index in [0.717, 1.165) is 16.9 Å². The van der Waals surface area contributed by atoms with Crippen LogP contribution in [-0.2, 0) is 19.1 Å². The Morgan fingerprint density at radius 2 is 1.59 bits per heavy atom. The number of ether oxygens (including phenoxy) is 2. The van der Waals surface area contributed by atoms with Gasteiger partial charge in [-0.1, -0.05) is 43.6 Å². The van der Waals surface area contributed by atoms with Crippen LogP contribution in [-0.4, -0.2) is 24.4 Å². The van der Waals surface area contributed by atoms with Crippen molar-refractivity contribution in [2.75, 3.05) is 17.2 Å². The Morgan fingerprint density at radius 3 is 2.30 bits per heavy atom. The van der Waals surface area contributed by atoms with Gasteiger partial charge in [-0.3, -0.25) is 14.4 Å². The molecular formula is C29H31ClN2O5. The highest BCUT2D eigenvalue weighted by Crippen LogP contribution is 2.32. The highest BCUT2D eigenvalue weighted by molar-refractivity contribution is 6.30. The van der Waals surface area contributed by atoms with Gasteiger partial charge in [-0.05, 0) is 78.9 Å². The van der Waals surface area contributed by atoms with E-state index in [1.165, 1.54) is 0 Å². The molecule has 3 aromatic carbocycles. The smallest absolute Gasteiger partial charge is 0.306 e. The van der Waals surface area contributed by atoms with E-state index >= 15 is 0 Å². The Morgan fingerprint density at radius 1 is 0.865 bits per heavy atom. The van der Waals surface area contributed by atoms with Gasteiger partial charge in [0.05, 0.1) is 0 Å². The third-order valence-corrected chi connectivity index (χ3v) is 5.65. The maximum atomic E-state index is 12.3. The number of nitrogens with one attached hydrogen (secondary N) is 2. The minimum atomic E-state index is -0.549. The molecule has 8 heteroatoms. The number of halogens is 1. The van der Waals surface area contributed by atoms with E-state index in [-0.39, 0.29) is 18.7 Å². The SMILES string of the molecule is Cc1ccc(C(C)C)c(Oc2ccc(NC(=O)CCCC(=O)OCC(=O)Nc3cccc(Cl)c3)cc2)c1. The second kappa shape index (κ2) is 13.5. The van der Waals surface area contributed by atoms with Gasteiger partial charge in [0.15, 0.2) is 6.61 Å². The molecule has 0 heterocycles. The first-order valence-electron chi connectivity index (χ1n) is 12.1. The topological polar surface area (TPSA) is 93.7 Å². The fourth-order valence-corrected chi connectivity index (χ4v) is 3.73. The second-order valence-electron chi connectivity index (χ2n) is 8.94. The number of anilines is 2. The van der Waals surface area contributed by atoms with Crippen molar-refractivity contribution in [1.82, 2.24) is 0 Å². The van der Waals surface area contributed by atoms with Gasteiger partial charge in [0, 0.05) is 29.2 Å². The number of hydrogen-bond donors (Lipinski definition) is 2. The van der Waals surface area contributed by atoms with Crippen molar-refractivity contribution in [3.8, 4) is 11.5 Å². The average molecular weight is 523 g/mol. The highest BCUT2D eigenvalue weighted by Gasteiger charge is 2.11. The van der Waals surface area contributed by atoms with Gasteiger partial charge in [-0.2, -0.15) is 0 Å². The first-order valence-corrected chi connectivity index (χ1v) is 12.5. The summed E-state index contributed by atoms with van der Waals surface area (Å²) in [6.45, 7) is 5.85. The molecule has 0 saturated heterocycles. The maximum Gasteiger partial charge on any atom is 0.306 e. The largest absolute Gasteiger partial charge is 0.457 e. The van der Waals surface area contributed by atoms with Gasteiger partial charge in [0.1, 0.15) is 11.5 Å². The number of hydrogen-bond acceptors (Lipinski definition) is 5. The number of amides is 2. The summed E-state index contributed by atoms with van der Waals surface area (Å²) in [7, 11) is 0. The Labute approximate surface area is 222 Å². The van der Waals surface area contributed by atoms with Crippen molar-refractivity contribution in [1.29, 1.82) is 0 Å². The zero-order chi connectivity index (χ0) is 26.8. The van der Waals surface area contributed by atoms with E-state index in [9.17, 15) is 14.4 Å². The third kappa shape index (κ3) is 9.28. The lowest BCUT2D eigenvalue weighted by atomic mass is 10.0. The van der Waals surface area contributed by atoms with Crippen molar-refractivity contribution < 1.29 is 23.9 Å². The van der Waals surface area contributed by atoms with Gasteiger partial charge in [-0.25, -0.2) is 0 Å². The molecule has 0 aliphatic carbocycles. The van der Waals surface area contributed by atoms with E-state index < -0.39 is 18.5 Å². The molecule has 0 aliphatic rings. The number of aryl methyl sites for hydroxylation is 1. The number of rotatable bonds is 11. The Hall–Kier alpha value is -3.84. The van der Waals surface area contributed by atoms with Crippen LogP contribution in [0.15, 0.2) is 66.7 Å². The molecule has 0 unspecified atom stereocenters. The van der Waals surface area contributed by atoms with Gasteiger partial charge >= 0.3 is 5.97 Å². The van der Waals surface area contributed by atoms with Gasteiger partial charge in [-0.15, -0.1) is 0 Å². The van der Waals surface area contributed by atoms with Crippen LogP contribution >= 0.6 is 11.6 Å². The fourth-order valence-electron chi connectivity index (χ4n) is 3.54. The number of carbonyl (C=O) groups excluding carboxylic acids is 3. The predicted octanol–water partition coefficient (Wildman–Crippen LogP) is 6.85. The molecule has 194 valence electrons. The first kappa shape index (κ1) is 27.7. The molecule has 7 nitrogen and oxygen atoms in total. The van der Waals surface area contributed by atoms with E-state index in [2.05, 4.69) is 36.6 Å². The molecule has 37 heavy (non-hydrogen) atoms. The van der Waals surface area contributed by atoms with Crippen LogP contribution in [0.25, 0.3) is 0 Å². The highest BCUT2D eigenvalue weighted by atomic mass is 35.5. The minimum Gasteiger partial charge on any atom is -0.457 e. The van der Waals surface area contributed by atoms with Crippen LogP contribution in [0.4, 0.5) is 11.4 Å². The Balaban J connectivity index is 1.38. The molecule has 0 spiro atoms. The summed E-state index contributed by atoms with van der Waals surface area (Å²) in [4.78, 5) is 36.1. The molecule has 3 rings (SSSR count). The van der Waals surface area contributed by atoms with Crippen molar-refractivity contribution in [3.05, 3.63) is 82.9 Å². The summed E-state index contributed by atoms with van der Waals surface area (Å²) < 4.78 is 11.1. The molecule has 2 N–H and O–H groups in total. The summed E-state index contributed by atoms with van der Waals surface area (Å²) in [5, 5.41) is 5.89. The summed E-state index contributed by atoms with van der Waals surface area (Å²) in [5.41, 5.74) is 3.39. The normalized spacial score (nSPS) is 10.6. The van der Waals surface area contributed by atoms with E-state index in [1.54, 1.807) is 48.5 Å². The van der Waals surface area contributed by atoms with Gasteiger partial charge in [0.25, 0.3) is 5.91 Å². The molecule has 0 atom stereocenters. The minimum absolute atomic E-state index is 0.0271. The first-order chi connectivity index (χ1) is 17.7. The number of carbonyl (C=O) groups is 3. The van der Waals surface area contributed by atoms with Crippen LogP contribution in [0.1, 0.15) is 50.2 Å². The van der Waals surface area contributed by atoms with Crippen molar-refractivity contribution in [2.45, 2.75) is 46.0 Å². The summed E-state index contributed by atoms with van der Waals surface area (Å²) in [6.07, 6.45) is 0.468. The standard InChI is InChI=1S/C29H31ClN2O5/c1-19(2)25-15-10-20(3)16-26(25)37-24-13-11-22(12-14-24)31-27(33)8-5-9-29(35)36-18-28(34)32-23-7-4-6-21(30)17-23/h4,6-7,10-17,19H,5,8-9,18H2,1-3H3,(H,31,33)(H,32,34). The monoisotopic (exact) mass is 522 g/mol. The van der Waals surface area contributed by atoms with E-state index in [0.29, 0.717) is 34.5 Å². The van der Waals surface area contributed by atoms with Crippen LogP contribution in [0, 0.1) is 6.92 Å². The lowest BCUT2D eigenvalue weighted by Gasteiger charge is -2.15. The van der Waals surface area contributed by atoms with Crippen molar-refractivity contribution >= 4 is 40.8 Å². The Kier molecular flexibility index (Phi) is 10.1. The molecule has 0 aliphatic heterocycles. The molecule has 0 aromatic heterocycles. The molecule has 0 saturated carbocycles. The van der Waals surface area contributed by atoms with Crippen molar-refractivity contribution in [3.63, 3.8) is 0 Å². The zero-order valence-corrected chi connectivity index (χ0v) is 21.9. The lowest BCUT2D eigenvalue weighted by Crippen LogP contribution is -2.21. The van der Waals surface area contributed by atoms with Crippen LogP contribution in [0.3, 0.4) is 0 Å². The summed E-state index contributed by atoms with van der Waals surface area (Å²) in [5.74, 6) is 0.586. The average Bonchev–Trinajstić information content (AvgIpc) is 2.84. The fraction of sp³-hybridized carbons (Fsp3) is 0.276. The van der Waals surface area contributed by atoms with Crippen LogP contribution in [0.2, 0.25) is 5.02 Å². The Bertz CT molecular complexity index is 1240. The van der Waals surface area contributed by atoms with E-state index in [1.807, 2.05) is 13.0 Å². The van der Waals surface area contributed by atoms with E-state index in [4.69, 9.17) is 21.1 Å². The van der Waals surface area contributed by atoms with Crippen LogP contribution in [0.5, 0.6) is 11.5 Å². The lowest BCUT2D eigenvalue weighted by molar-refractivity contribution is -0.147. The molecule has 3 aromatic rings. The molecule has 0 bridgehead atoms. The predicted molar refractivity (Wildman–Crippen MR) is 145 cm³/mol. The second-order valence-corrected chi connectivity index (χ2v) is 9.38. The maximum absolute atomic E-state index is 12.3. The third-order valence-electron chi connectivity index (χ3n) is 5.41. The van der Waals surface area contributed by atoms with Gasteiger partial charge < -0.3 is 20.1 Å². The van der Waals surface area contributed by atoms with Crippen molar-refractivity contribution in [2.24, 2.45) is 0 Å².